The van der Waals surface area contributed by atoms with Crippen LogP contribution in [0.15, 0.2) is 66.7 Å². The van der Waals surface area contributed by atoms with Gasteiger partial charge in [-0.25, -0.2) is 9.18 Å². The number of anilines is 1. The van der Waals surface area contributed by atoms with E-state index in [0.717, 1.165) is 22.1 Å². The molecule has 0 aromatic heterocycles. The first-order valence-electron chi connectivity index (χ1n) is 8.51. The number of carbonyl (C=O) groups excluding carboxylic acids is 2. The van der Waals surface area contributed by atoms with E-state index in [9.17, 15) is 14.0 Å². The molecule has 0 aliphatic carbocycles. The van der Waals surface area contributed by atoms with Crippen LogP contribution in [0.2, 0.25) is 0 Å². The van der Waals surface area contributed by atoms with Gasteiger partial charge in [-0.2, -0.15) is 0 Å². The molecule has 3 aromatic rings. The number of nitrogens with one attached hydrogen (secondary N) is 1. The minimum absolute atomic E-state index is 0.296. The summed E-state index contributed by atoms with van der Waals surface area (Å²) in [4.78, 5) is 23.6. The summed E-state index contributed by atoms with van der Waals surface area (Å²) >= 11 is 0. The van der Waals surface area contributed by atoms with Gasteiger partial charge in [-0.3, -0.25) is 4.79 Å². The zero-order chi connectivity index (χ0) is 19.9. The van der Waals surface area contributed by atoms with Crippen LogP contribution in [0.3, 0.4) is 0 Å². The van der Waals surface area contributed by atoms with Crippen LogP contribution in [0, 0.1) is 5.82 Å². The summed E-state index contributed by atoms with van der Waals surface area (Å²) in [6, 6.07) is 16.9. The zero-order valence-electron chi connectivity index (χ0n) is 15.1. The largest absolute Gasteiger partial charge is 0.497 e. The molecule has 1 amide bonds. The van der Waals surface area contributed by atoms with Crippen molar-refractivity contribution in [3.63, 3.8) is 0 Å². The molecule has 0 spiro atoms. The quantitative estimate of drug-likeness (QED) is 0.515. The van der Waals surface area contributed by atoms with Gasteiger partial charge in [0.15, 0.2) is 6.61 Å². The Labute approximate surface area is 161 Å². The van der Waals surface area contributed by atoms with Crippen LogP contribution >= 0.6 is 0 Å². The lowest BCUT2D eigenvalue weighted by molar-refractivity contribution is -0.142. The molecule has 3 rings (SSSR count). The van der Waals surface area contributed by atoms with Gasteiger partial charge in [0.25, 0.3) is 5.91 Å². The number of esters is 1. The van der Waals surface area contributed by atoms with Gasteiger partial charge < -0.3 is 14.8 Å². The predicted octanol–water partition coefficient (Wildman–Crippen LogP) is 4.18. The van der Waals surface area contributed by atoms with Crippen molar-refractivity contribution in [1.82, 2.24) is 0 Å². The first-order chi connectivity index (χ1) is 13.5. The summed E-state index contributed by atoms with van der Waals surface area (Å²) in [5.41, 5.74) is 1.11. The van der Waals surface area contributed by atoms with Crippen molar-refractivity contribution >= 4 is 34.4 Å². The van der Waals surface area contributed by atoms with Crippen LogP contribution < -0.4 is 10.1 Å². The Morgan fingerprint density at radius 3 is 2.61 bits per heavy atom. The van der Waals surface area contributed by atoms with Crippen LogP contribution in [0.1, 0.15) is 5.56 Å². The molecule has 0 atom stereocenters. The standard InChI is InChI=1S/C22H18FNO4/c1-27-20-9-8-16-11-15(5-7-17(16)12-20)6-10-22(26)28-14-21(25)24-19-4-2-3-18(23)13-19/h2-13H,14H2,1H3,(H,24,25)/b10-6+. The molecule has 28 heavy (non-hydrogen) atoms. The molecule has 0 aliphatic rings. The molecule has 1 N–H and O–H groups in total. The van der Waals surface area contributed by atoms with E-state index >= 15 is 0 Å². The molecular weight excluding hydrogens is 361 g/mol. The van der Waals surface area contributed by atoms with Gasteiger partial charge in [0.2, 0.25) is 0 Å². The van der Waals surface area contributed by atoms with Crippen LogP contribution in [0.5, 0.6) is 5.75 Å². The van der Waals surface area contributed by atoms with Crippen molar-refractivity contribution in [3.05, 3.63) is 78.1 Å². The Balaban J connectivity index is 1.54. The third-order valence-electron chi connectivity index (χ3n) is 3.94. The number of halogens is 1. The maximum absolute atomic E-state index is 13.1. The second-order valence-corrected chi connectivity index (χ2v) is 5.97. The van der Waals surface area contributed by atoms with E-state index in [4.69, 9.17) is 9.47 Å². The van der Waals surface area contributed by atoms with Crippen LogP contribution in [0.4, 0.5) is 10.1 Å². The van der Waals surface area contributed by atoms with Crippen LogP contribution in [0.25, 0.3) is 16.8 Å². The molecule has 3 aromatic carbocycles. The fourth-order valence-corrected chi connectivity index (χ4v) is 2.59. The molecule has 0 saturated carbocycles. The molecule has 0 bridgehead atoms. The Morgan fingerprint density at radius 1 is 1.04 bits per heavy atom. The summed E-state index contributed by atoms with van der Waals surface area (Å²) in [5, 5.41) is 4.48. The molecule has 0 radical (unpaired) electrons. The second kappa shape index (κ2) is 8.81. The number of ether oxygens (including phenoxy) is 2. The normalized spacial score (nSPS) is 10.8. The van der Waals surface area contributed by atoms with Crippen molar-refractivity contribution < 1.29 is 23.5 Å². The lowest BCUT2D eigenvalue weighted by atomic mass is 10.1. The maximum Gasteiger partial charge on any atom is 0.331 e. The zero-order valence-corrected chi connectivity index (χ0v) is 15.1. The third kappa shape index (κ3) is 5.17. The van der Waals surface area contributed by atoms with E-state index in [1.54, 1.807) is 13.2 Å². The number of hydrogen-bond donors (Lipinski definition) is 1. The number of rotatable bonds is 6. The smallest absolute Gasteiger partial charge is 0.331 e. The second-order valence-electron chi connectivity index (χ2n) is 5.97. The first-order valence-corrected chi connectivity index (χ1v) is 8.51. The van der Waals surface area contributed by atoms with Crippen molar-refractivity contribution in [2.45, 2.75) is 0 Å². The van der Waals surface area contributed by atoms with E-state index in [2.05, 4.69) is 5.32 Å². The predicted molar refractivity (Wildman–Crippen MR) is 106 cm³/mol. The third-order valence-corrected chi connectivity index (χ3v) is 3.94. The van der Waals surface area contributed by atoms with E-state index in [-0.39, 0.29) is 0 Å². The molecular formula is C22H18FNO4. The molecule has 5 nitrogen and oxygen atoms in total. The Bertz CT molecular complexity index is 1050. The lowest BCUT2D eigenvalue weighted by Gasteiger charge is -2.05. The molecule has 142 valence electrons. The molecule has 0 unspecified atom stereocenters. The highest BCUT2D eigenvalue weighted by molar-refractivity contribution is 5.95. The summed E-state index contributed by atoms with van der Waals surface area (Å²) in [5.74, 6) is -0.890. The number of fused-ring (bicyclic) bond motifs is 1. The Morgan fingerprint density at radius 2 is 1.82 bits per heavy atom. The number of carbonyl (C=O) groups is 2. The van der Waals surface area contributed by atoms with Gasteiger partial charge in [-0.05, 0) is 58.8 Å². The van der Waals surface area contributed by atoms with Crippen molar-refractivity contribution in [2.75, 3.05) is 19.0 Å². The average Bonchev–Trinajstić information content (AvgIpc) is 2.70. The number of benzene rings is 3. The lowest BCUT2D eigenvalue weighted by Crippen LogP contribution is -2.20. The minimum Gasteiger partial charge on any atom is -0.497 e. The summed E-state index contributed by atoms with van der Waals surface area (Å²) in [7, 11) is 1.61. The number of hydrogen-bond acceptors (Lipinski definition) is 4. The van der Waals surface area contributed by atoms with E-state index in [1.165, 1.54) is 30.3 Å². The molecule has 0 saturated heterocycles. The highest BCUT2D eigenvalue weighted by Gasteiger charge is 2.06. The monoisotopic (exact) mass is 379 g/mol. The summed E-state index contributed by atoms with van der Waals surface area (Å²) in [6.45, 7) is -0.461. The maximum atomic E-state index is 13.1. The Kier molecular flexibility index (Phi) is 6.01. The molecule has 0 fully saturated rings. The van der Waals surface area contributed by atoms with Gasteiger partial charge in [0.05, 0.1) is 7.11 Å². The highest BCUT2D eigenvalue weighted by Crippen LogP contribution is 2.22. The van der Waals surface area contributed by atoms with E-state index in [0.29, 0.717) is 5.69 Å². The molecule has 0 heterocycles. The van der Waals surface area contributed by atoms with Gasteiger partial charge in [-0.15, -0.1) is 0 Å². The fraction of sp³-hybridized carbons (Fsp3) is 0.0909. The van der Waals surface area contributed by atoms with Crippen LogP contribution in [-0.4, -0.2) is 25.6 Å². The van der Waals surface area contributed by atoms with Gasteiger partial charge in [0.1, 0.15) is 11.6 Å². The van der Waals surface area contributed by atoms with E-state index < -0.39 is 24.3 Å². The Hall–Kier alpha value is -3.67. The molecule has 6 heteroatoms. The summed E-state index contributed by atoms with van der Waals surface area (Å²) in [6.07, 6.45) is 2.86. The van der Waals surface area contributed by atoms with Gasteiger partial charge in [-0.1, -0.05) is 24.3 Å². The van der Waals surface area contributed by atoms with Crippen molar-refractivity contribution in [3.8, 4) is 5.75 Å². The molecule has 0 aliphatic heterocycles. The highest BCUT2D eigenvalue weighted by atomic mass is 19.1. The van der Waals surface area contributed by atoms with Gasteiger partial charge >= 0.3 is 5.97 Å². The SMILES string of the molecule is COc1ccc2cc(/C=C/C(=O)OCC(=O)Nc3cccc(F)c3)ccc2c1. The van der Waals surface area contributed by atoms with Crippen molar-refractivity contribution in [2.24, 2.45) is 0 Å². The van der Waals surface area contributed by atoms with E-state index in [1.807, 2.05) is 36.4 Å². The van der Waals surface area contributed by atoms with Crippen molar-refractivity contribution in [1.29, 1.82) is 0 Å². The fourth-order valence-electron chi connectivity index (χ4n) is 2.59. The van der Waals surface area contributed by atoms with Crippen LogP contribution in [-0.2, 0) is 14.3 Å². The first kappa shape index (κ1) is 19.1. The number of methoxy groups -OCH3 is 1. The summed E-state index contributed by atoms with van der Waals surface area (Å²) < 4.78 is 23.2. The average molecular weight is 379 g/mol. The number of amides is 1. The topological polar surface area (TPSA) is 64.6 Å². The minimum atomic E-state index is -0.649. The van der Waals surface area contributed by atoms with Gasteiger partial charge in [0, 0.05) is 11.8 Å².